The SMILES string of the molecule is Cc1ccc(C(=O)N/C(=C\c2cccs2)C(=O)NC2CC3CCC2C3)cc1. The zero-order chi connectivity index (χ0) is 18.8. The van der Waals surface area contributed by atoms with Gasteiger partial charge < -0.3 is 10.6 Å². The highest BCUT2D eigenvalue weighted by molar-refractivity contribution is 7.10. The molecular formula is C22H24N2O2S. The van der Waals surface area contributed by atoms with Gasteiger partial charge in [-0.3, -0.25) is 9.59 Å². The third-order valence-corrected chi connectivity index (χ3v) is 6.51. The van der Waals surface area contributed by atoms with Crippen molar-refractivity contribution in [2.75, 3.05) is 0 Å². The first-order chi connectivity index (χ1) is 13.1. The van der Waals surface area contributed by atoms with E-state index < -0.39 is 0 Å². The molecule has 1 aromatic carbocycles. The zero-order valence-corrected chi connectivity index (χ0v) is 16.2. The van der Waals surface area contributed by atoms with Crippen molar-refractivity contribution in [2.24, 2.45) is 11.8 Å². The minimum absolute atomic E-state index is 0.193. The van der Waals surface area contributed by atoms with Crippen molar-refractivity contribution >= 4 is 29.2 Å². The van der Waals surface area contributed by atoms with Crippen molar-refractivity contribution in [1.82, 2.24) is 10.6 Å². The molecule has 0 saturated heterocycles. The van der Waals surface area contributed by atoms with Crippen LogP contribution in [-0.2, 0) is 4.79 Å². The molecule has 2 saturated carbocycles. The molecule has 5 heteroatoms. The van der Waals surface area contributed by atoms with E-state index in [1.165, 1.54) is 19.3 Å². The zero-order valence-electron chi connectivity index (χ0n) is 15.4. The van der Waals surface area contributed by atoms with Crippen molar-refractivity contribution in [3.05, 3.63) is 63.5 Å². The Balaban J connectivity index is 1.51. The Labute approximate surface area is 163 Å². The van der Waals surface area contributed by atoms with Crippen LogP contribution in [0.25, 0.3) is 6.08 Å². The topological polar surface area (TPSA) is 58.2 Å². The van der Waals surface area contributed by atoms with Crippen LogP contribution in [0.1, 0.15) is 46.5 Å². The Morgan fingerprint density at radius 2 is 1.93 bits per heavy atom. The molecule has 2 fully saturated rings. The van der Waals surface area contributed by atoms with E-state index >= 15 is 0 Å². The van der Waals surface area contributed by atoms with Crippen LogP contribution in [0, 0.1) is 18.8 Å². The van der Waals surface area contributed by atoms with E-state index in [0.717, 1.165) is 22.8 Å². The van der Waals surface area contributed by atoms with Crippen molar-refractivity contribution in [3.63, 3.8) is 0 Å². The number of rotatable bonds is 5. The standard InChI is InChI=1S/C22H24N2O2S/c1-14-4-7-16(8-5-14)21(25)24-20(13-18-3-2-10-27-18)22(26)23-19-12-15-6-9-17(19)11-15/h2-5,7-8,10,13,15,17,19H,6,9,11-12H2,1H3,(H,23,26)(H,24,25)/b20-13-. The average Bonchev–Trinajstić information content (AvgIpc) is 3.40. The van der Waals surface area contributed by atoms with Crippen molar-refractivity contribution < 1.29 is 9.59 Å². The summed E-state index contributed by atoms with van der Waals surface area (Å²) in [5.41, 5.74) is 1.95. The average molecular weight is 381 g/mol. The molecule has 2 aromatic rings. The number of carbonyl (C=O) groups excluding carboxylic acids is 2. The van der Waals surface area contributed by atoms with Crippen molar-refractivity contribution in [1.29, 1.82) is 0 Å². The molecule has 2 aliphatic rings. The molecule has 140 valence electrons. The second-order valence-electron chi connectivity index (χ2n) is 7.65. The van der Waals surface area contributed by atoms with Gasteiger partial charge in [-0.1, -0.05) is 30.2 Å². The van der Waals surface area contributed by atoms with Crippen LogP contribution in [-0.4, -0.2) is 17.9 Å². The predicted molar refractivity (Wildman–Crippen MR) is 108 cm³/mol. The molecule has 0 radical (unpaired) electrons. The first-order valence-corrected chi connectivity index (χ1v) is 10.4. The summed E-state index contributed by atoms with van der Waals surface area (Å²) in [4.78, 5) is 26.5. The van der Waals surface area contributed by atoms with Gasteiger partial charge in [0, 0.05) is 16.5 Å². The normalized spacial score (nSPS) is 24.0. The molecule has 4 nitrogen and oxygen atoms in total. The number of nitrogens with one attached hydrogen (secondary N) is 2. The molecule has 2 amide bonds. The van der Waals surface area contributed by atoms with Crippen LogP contribution >= 0.6 is 11.3 Å². The molecule has 2 bridgehead atoms. The molecule has 0 spiro atoms. The van der Waals surface area contributed by atoms with E-state index in [2.05, 4.69) is 10.6 Å². The van der Waals surface area contributed by atoms with E-state index in [4.69, 9.17) is 0 Å². The summed E-state index contributed by atoms with van der Waals surface area (Å²) in [6.45, 7) is 1.98. The van der Waals surface area contributed by atoms with Crippen LogP contribution in [0.5, 0.6) is 0 Å². The van der Waals surface area contributed by atoms with Gasteiger partial charge in [-0.2, -0.15) is 0 Å². The van der Waals surface area contributed by atoms with Gasteiger partial charge in [0.1, 0.15) is 5.70 Å². The summed E-state index contributed by atoms with van der Waals surface area (Å²) in [7, 11) is 0. The predicted octanol–water partition coefficient (Wildman–Crippen LogP) is 4.13. The fraction of sp³-hybridized carbons (Fsp3) is 0.364. The number of hydrogen-bond acceptors (Lipinski definition) is 3. The highest BCUT2D eigenvalue weighted by atomic mass is 32.1. The lowest BCUT2D eigenvalue weighted by atomic mass is 9.95. The summed E-state index contributed by atoms with van der Waals surface area (Å²) in [5.74, 6) is 0.893. The lowest BCUT2D eigenvalue weighted by molar-refractivity contribution is -0.118. The summed E-state index contributed by atoms with van der Waals surface area (Å²) >= 11 is 1.54. The molecule has 0 aliphatic heterocycles. The summed E-state index contributed by atoms with van der Waals surface area (Å²) in [6.07, 6.45) is 6.55. The van der Waals surface area contributed by atoms with Crippen LogP contribution < -0.4 is 10.6 Å². The van der Waals surface area contributed by atoms with Crippen LogP contribution in [0.3, 0.4) is 0 Å². The summed E-state index contributed by atoms with van der Waals surface area (Å²) in [5, 5.41) is 7.95. The number of amides is 2. The fourth-order valence-corrected chi connectivity index (χ4v) is 4.90. The lowest BCUT2D eigenvalue weighted by Gasteiger charge is -2.23. The quantitative estimate of drug-likeness (QED) is 0.766. The Morgan fingerprint density at radius 1 is 1.11 bits per heavy atom. The number of hydrogen-bond donors (Lipinski definition) is 2. The van der Waals surface area contributed by atoms with Gasteiger partial charge >= 0.3 is 0 Å². The van der Waals surface area contributed by atoms with Gasteiger partial charge in [-0.15, -0.1) is 11.3 Å². The molecule has 2 aliphatic carbocycles. The number of carbonyl (C=O) groups is 2. The first kappa shape index (κ1) is 18.0. The van der Waals surface area contributed by atoms with Gasteiger partial charge in [0.05, 0.1) is 0 Å². The van der Waals surface area contributed by atoms with Crippen LogP contribution in [0.4, 0.5) is 0 Å². The van der Waals surface area contributed by atoms with Gasteiger partial charge in [-0.25, -0.2) is 0 Å². The second-order valence-corrected chi connectivity index (χ2v) is 8.63. The van der Waals surface area contributed by atoms with Gasteiger partial charge in [0.2, 0.25) is 0 Å². The number of fused-ring (bicyclic) bond motifs is 2. The highest BCUT2D eigenvalue weighted by Gasteiger charge is 2.40. The number of aryl methyl sites for hydroxylation is 1. The van der Waals surface area contributed by atoms with Gasteiger partial charge in [0.25, 0.3) is 11.8 Å². The van der Waals surface area contributed by atoms with Gasteiger partial charge in [-0.05, 0) is 67.7 Å². The van der Waals surface area contributed by atoms with Crippen molar-refractivity contribution in [3.8, 4) is 0 Å². The maximum Gasteiger partial charge on any atom is 0.268 e. The van der Waals surface area contributed by atoms with E-state index in [1.807, 2.05) is 36.6 Å². The molecule has 1 aromatic heterocycles. The molecule has 1 heterocycles. The minimum atomic E-state index is -0.263. The summed E-state index contributed by atoms with van der Waals surface area (Å²) in [6, 6.07) is 11.5. The van der Waals surface area contributed by atoms with Crippen LogP contribution in [0.2, 0.25) is 0 Å². The van der Waals surface area contributed by atoms with Gasteiger partial charge in [0.15, 0.2) is 0 Å². The molecule has 27 heavy (non-hydrogen) atoms. The lowest BCUT2D eigenvalue weighted by Crippen LogP contribution is -2.42. The fourth-order valence-electron chi connectivity index (χ4n) is 4.24. The van der Waals surface area contributed by atoms with E-state index in [0.29, 0.717) is 17.2 Å². The Morgan fingerprint density at radius 3 is 2.56 bits per heavy atom. The second kappa shape index (κ2) is 7.69. The van der Waals surface area contributed by atoms with Crippen molar-refractivity contribution in [2.45, 2.75) is 38.6 Å². The maximum absolute atomic E-state index is 12.9. The smallest absolute Gasteiger partial charge is 0.268 e. The highest BCUT2D eigenvalue weighted by Crippen LogP contribution is 2.44. The number of benzene rings is 1. The largest absolute Gasteiger partial charge is 0.348 e. The minimum Gasteiger partial charge on any atom is -0.348 e. The molecule has 2 N–H and O–H groups in total. The van der Waals surface area contributed by atoms with E-state index in [1.54, 1.807) is 29.5 Å². The van der Waals surface area contributed by atoms with E-state index in [-0.39, 0.29) is 17.9 Å². The third-order valence-electron chi connectivity index (χ3n) is 5.69. The number of thiophene rings is 1. The Kier molecular flexibility index (Phi) is 5.12. The Bertz CT molecular complexity index is 855. The molecule has 3 unspecified atom stereocenters. The maximum atomic E-state index is 12.9. The van der Waals surface area contributed by atoms with E-state index in [9.17, 15) is 9.59 Å². The molecular weight excluding hydrogens is 356 g/mol. The summed E-state index contributed by atoms with van der Waals surface area (Å²) < 4.78 is 0. The first-order valence-electron chi connectivity index (χ1n) is 9.52. The Hall–Kier alpha value is -2.40. The van der Waals surface area contributed by atoms with Crippen LogP contribution in [0.15, 0.2) is 47.5 Å². The third kappa shape index (κ3) is 4.14. The molecule has 4 rings (SSSR count). The molecule has 3 atom stereocenters. The monoisotopic (exact) mass is 380 g/mol.